The van der Waals surface area contributed by atoms with Crippen LogP contribution in [0.4, 0.5) is 8.78 Å². The second-order valence-electron chi connectivity index (χ2n) is 4.94. The molecule has 112 valence electrons. The van der Waals surface area contributed by atoms with E-state index in [1.807, 2.05) is 0 Å². The first-order valence-corrected chi connectivity index (χ1v) is 6.54. The number of aromatic nitrogens is 1. The van der Waals surface area contributed by atoms with Gasteiger partial charge in [0.25, 0.3) is 0 Å². The van der Waals surface area contributed by atoms with Crippen molar-refractivity contribution in [3.05, 3.63) is 52.4 Å². The van der Waals surface area contributed by atoms with Gasteiger partial charge >= 0.3 is 0 Å². The van der Waals surface area contributed by atoms with E-state index in [4.69, 9.17) is 4.52 Å². The molecule has 0 saturated heterocycles. The molecular formula is C15H16F2N2O2. The summed E-state index contributed by atoms with van der Waals surface area (Å²) in [4.78, 5) is 12.0. The van der Waals surface area contributed by atoms with Gasteiger partial charge in [-0.2, -0.15) is 0 Å². The summed E-state index contributed by atoms with van der Waals surface area (Å²) in [7, 11) is 0. The van der Waals surface area contributed by atoms with Gasteiger partial charge in [-0.05, 0) is 38.5 Å². The average Bonchev–Trinajstić information content (AvgIpc) is 2.73. The van der Waals surface area contributed by atoms with Crippen LogP contribution in [0.15, 0.2) is 22.7 Å². The molecule has 0 aliphatic rings. The molecule has 0 spiro atoms. The van der Waals surface area contributed by atoms with E-state index in [1.165, 1.54) is 6.07 Å². The van der Waals surface area contributed by atoms with Crippen molar-refractivity contribution in [2.45, 2.75) is 33.2 Å². The number of amides is 1. The Kier molecular flexibility index (Phi) is 4.35. The van der Waals surface area contributed by atoms with Gasteiger partial charge in [-0.15, -0.1) is 0 Å². The molecule has 0 aliphatic carbocycles. The van der Waals surface area contributed by atoms with Gasteiger partial charge in [-0.25, -0.2) is 8.78 Å². The quantitative estimate of drug-likeness (QED) is 0.943. The number of nitrogens with zero attached hydrogens (tertiary/aromatic N) is 1. The Bertz CT molecular complexity index is 648. The van der Waals surface area contributed by atoms with Crippen molar-refractivity contribution in [3.63, 3.8) is 0 Å². The Morgan fingerprint density at radius 3 is 2.62 bits per heavy atom. The highest BCUT2D eigenvalue weighted by Gasteiger charge is 2.16. The van der Waals surface area contributed by atoms with Gasteiger partial charge in [0.15, 0.2) is 11.6 Å². The number of halogens is 2. The second kappa shape index (κ2) is 6.03. The molecule has 1 heterocycles. The molecule has 4 nitrogen and oxygen atoms in total. The van der Waals surface area contributed by atoms with Crippen LogP contribution in [-0.4, -0.2) is 11.1 Å². The Hall–Kier alpha value is -2.24. The maximum atomic E-state index is 13.2. The van der Waals surface area contributed by atoms with E-state index in [0.29, 0.717) is 17.0 Å². The summed E-state index contributed by atoms with van der Waals surface area (Å²) in [5.41, 5.74) is 1.91. The summed E-state index contributed by atoms with van der Waals surface area (Å²) in [5.74, 6) is -1.47. The second-order valence-corrected chi connectivity index (χ2v) is 4.94. The van der Waals surface area contributed by atoms with Crippen molar-refractivity contribution in [2.24, 2.45) is 0 Å². The molecule has 0 aliphatic heterocycles. The molecule has 1 N–H and O–H groups in total. The van der Waals surface area contributed by atoms with Crippen LogP contribution in [0, 0.1) is 25.5 Å². The zero-order chi connectivity index (χ0) is 15.6. The molecule has 2 rings (SSSR count). The van der Waals surface area contributed by atoms with Crippen LogP contribution in [0.25, 0.3) is 0 Å². The molecule has 2 aromatic rings. The van der Waals surface area contributed by atoms with Crippen molar-refractivity contribution in [2.75, 3.05) is 0 Å². The molecule has 0 fully saturated rings. The minimum atomic E-state index is -0.931. The molecule has 0 saturated carbocycles. The third kappa shape index (κ3) is 3.45. The zero-order valence-corrected chi connectivity index (χ0v) is 12.0. The fraction of sp³-hybridized carbons (Fsp3) is 0.333. The van der Waals surface area contributed by atoms with Gasteiger partial charge in [0.2, 0.25) is 5.91 Å². The highest BCUT2D eigenvalue weighted by molar-refractivity contribution is 5.79. The average molecular weight is 294 g/mol. The fourth-order valence-electron chi connectivity index (χ4n) is 2.07. The minimum Gasteiger partial charge on any atom is -0.361 e. The molecular weight excluding hydrogens is 278 g/mol. The molecule has 1 aromatic carbocycles. The summed E-state index contributed by atoms with van der Waals surface area (Å²) < 4.78 is 31.1. The molecule has 1 amide bonds. The molecule has 0 bridgehead atoms. The van der Waals surface area contributed by atoms with Crippen molar-refractivity contribution in [1.82, 2.24) is 10.5 Å². The molecule has 1 atom stereocenters. The van der Waals surface area contributed by atoms with Crippen molar-refractivity contribution in [3.8, 4) is 0 Å². The van der Waals surface area contributed by atoms with Crippen LogP contribution in [-0.2, 0) is 11.2 Å². The van der Waals surface area contributed by atoms with Gasteiger partial charge in [0.1, 0.15) is 5.76 Å². The van der Waals surface area contributed by atoms with E-state index in [0.717, 1.165) is 17.7 Å². The number of carbonyl (C=O) groups excluding carboxylic acids is 1. The summed E-state index contributed by atoms with van der Waals surface area (Å²) in [6.45, 7) is 5.21. The van der Waals surface area contributed by atoms with Gasteiger partial charge in [-0.1, -0.05) is 11.2 Å². The Labute approximate surface area is 121 Å². The van der Waals surface area contributed by atoms with Crippen molar-refractivity contribution >= 4 is 5.91 Å². The van der Waals surface area contributed by atoms with Crippen LogP contribution in [0.2, 0.25) is 0 Å². The van der Waals surface area contributed by atoms with Crippen LogP contribution in [0.3, 0.4) is 0 Å². The van der Waals surface area contributed by atoms with Crippen molar-refractivity contribution < 1.29 is 18.1 Å². The van der Waals surface area contributed by atoms with Crippen LogP contribution >= 0.6 is 0 Å². The molecule has 6 heteroatoms. The molecule has 1 aromatic heterocycles. The number of hydrogen-bond donors (Lipinski definition) is 1. The Morgan fingerprint density at radius 1 is 1.33 bits per heavy atom. The number of benzene rings is 1. The van der Waals surface area contributed by atoms with Gasteiger partial charge in [0.05, 0.1) is 18.2 Å². The third-order valence-corrected chi connectivity index (χ3v) is 3.34. The van der Waals surface area contributed by atoms with E-state index < -0.39 is 17.7 Å². The van der Waals surface area contributed by atoms with Gasteiger partial charge in [0, 0.05) is 5.56 Å². The Morgan fingerprint density at radius 2 is 2.05 bits per heavy atom. The lowest BCUT2D eigenvalue weighted by Crippen LogP contribution is -2.28. The van der Waals surface area contributed by atoms with Crippen LogP contribution in [0.1, 0.15) is 35.5 Å². The lowest BCUT2D eigenvalue weighted by molar-refractivity contribution is -0.121. The predicted octanol–water partition coefficient (Wildman–Crippen LogP) is 2.99. The predicted molar refractivity (Wildman–Crippen MR) is 72.6 cm³/mol. The number of rotatable bonds is 4. The lowest BCUT2D eigenvalue weighted by atomic mass is 10.1. The van der Waals surface area contributed by atoms with Crippen molar-refractivity contribution in [1.29, 1.82) is 0 Å². The van der Waals surface area contributed by atoms with Crippen LogP contribution in [0.5, 0.6) is 0 Å². The summed E-state index contributed by atoms with van der Waals surface area (Å²) in [6, 6.07) is 3.14. The highest BCUT2D eigenvalue weighted by Crippen LogP contribution is 2.17. The number of nitrogens with one attached hydrogen (secondary N) is 1. The minimum absolute atomic E-state index is 0.134. The summed E-state index contributed by atoms with van der Waals surface area (Å²) >= 11 is 0. The maximum Gasteiger partial charge on any atom is 0.225 e. The van der Waals surface area contributed by atoms with E-state index in [9.17, 15) is 13.6 Å². The first kappa shape index (κ1) is 15.2. The smallest absolute Gasteiger partial charge is 0.225 e. The van der Waals surface area contributed by atoms with Gasteiger partial charge in [-0.3, -0.25) is 4.79 Å². The van der Waals surface area contributed by atoms with E-state index in [-0.39, 0.29) is 12.3 Å². The zero-order valence-electron chi connectivity index (χ0n) is 12.0. The standard InChI is InChI=1S/C15H16F2N2O2/c1-8(11-4-5-13(16)14(17)6-11)18-15(20)7-12-9(2)19-21-10(12)3/h4-6,8H,7H2,1-3H3,(H,18,20)/t8-/m0/s1. The SMILES string of the molecule is Cc1noc(C)c1CC(=O)N[C@@H](C)c1ccc(F)c(F)c1. The number of hydrogen-bond acceptors (Lipinski definition) is 3. The van der Waals surface area contributed by atoms with Gasteiger partial charge < -0.3 is 9.84 Å². The first-order valence-electron chi connectivity index (χ1n) is 6.54. The van der Waals surface area contributed by atoms with Crippen LogP contribution < -0.4 is 5.32 Å². The number of carbonyl (C=O) groups is 1. The highest BCUT2D eigenvalue weighted by atomic mass is 19.2. The lowest BCUT2D eigenvalue weighted by Gasteiger charge is -2.14. The van der Waals surface area contributed by atoms with E-state index in [1.54, 1.807) is 20.8 Å². The monoisotopic (exact) mass is 294 g/mol. The van der Waals surface area contributed by atoms with E-state index >= 15 is 0 Å². The normalized spacial score (nSPS) is 12.2. The Balaban J connectivity index is 2.03. The molecule has 0 radical (unpaired) electrons. The number of aryl methyl sites for hydroxylation is 2. The molecule has 0 unspecified atom stereocenters. The fourth-order valence-corrected chi connectivity index (χ4v) is 2.07. The third-order valence-electron chi connectivity index (χ3n) is 3.34. The summed E-state index contributed by atoms with van der Waals surface area (Å²) in [5, 5.41) is 6.52. The largest absolute Gasteiger partial charge is 0.361 e. The topological polar surface area (TPSA) is 55.1 Å². The first-order chi connectivity index (χ1) is 9.88. The van der Waals surface area contributed by atoms with E-state index in [2.05, 4.69) is 10.5 Å². The summed E-state index contributed by atoms with van der Waals surface area (Å²) in [6.07, 6.45) is 0.134. The molecule has 21 heavy (non-hydrogen) atoms. The maximum absolute atomic E-state index is 13.2.